The van der Waals surface area contributed by atoms with Gasteiger partial charge < -0.3 is 19.6 Å². The van der Waals surface area contributed by atoms with E-state index >= 15 is 0 Å². The first-order valence-electron chi connectivity index (χ1n) is 13.4. The fourth-order valence-electron chi connectivity index (χ4n) is 6.22. The van der Waals surface area contributed by atoms with E-state index in [-0.39, 0.29) is 23.1 Å². The monoisotopic (exact) mass is 509 g/mol. The molecule has 38 heavy (non-hydrogen) atoms. The van der Waals surface area contributed by atoms with E-state index in [1.54, 1.807) is 7.11 Å². The molecule has 0 fully saturated rings. The lowest BCUT2D eigenvalue weighted by Gasteiger charge is -2.49. The summed E-state index contributed by atoms with van der Waals surface area (Å²) >= 11 is 0. The van der Waals surface area contributed by atoms with Crippen molar-refractivity contribution in [3.05, 3.63) is 95.5 Å². The zero-order chi connectivity index (χ0) is 27.2. The average Bonchev–Trinajstić information content (AvgIpc) is 2.87. The van der Waals surface area contributed by atoms with Gasteiger partial charge in [0.25, 0.3) is 0 Å². The third-order valence-electron chi connectivity index (χ3n) is 7.73. The Bertz CT molecular complexity index is 1430. The normalized spacial score (nSPS) is 20.3. The van der Waals surface area contributed by atoms with Gasteiger partial charge in [-0.15, -0.1) is 0 Å². The fourth-order valence-corrected chi connectivity index (χ4v) is 6.22. The van der Waals surface area contributed by atoms with E-state index in [2.05, 4.69) is 99.7 Å². The molecule has 0 amide bonds. The van der Waals surface area contributed by atoms with Crippen molar-refractivity contribution in [3.8, 4) is 0 Å². The SMILES string of the molecule is C=C(O)CC1C(CCOC)c2cc3ncccc3c3c2C(=C(C)/C(=C\C(C)(C)C)N3c2ccccc2)N1C. The van der Waals surface area contributed by atoms with Crippen LogP contribution in [0, 0.1) is 5.41 Å². The second kappa shape index (κ2) is 9.95. The summed E-state index contributed by atoms with van der Waals surface area (Å²) in [5, 5.41) is 11.5. The number of likely N-dealkylation sites (N-methyl/N-ethyl adjacent to an activating group) is 1. The van der Waals surface area contributed by atoms with Crippen LogP contribution in [0.2, 0.25) is 0 Å². The van der Waals surface area contributed by atoms with Gasteiger partial charge in [0.2, 0.25) is 0 Å². The van der Waals surface area contributed by atoms with Crippen LogP contribution >= 0.6 is 0 Å². The number of aliphatic hydroxyl groups is 1. The molecule has 5 rings (SSSR count). The Hall–Kier alpha value is -3.57. The lowest BCUT2D eigenvalue weighted by atomic mass is 9.74. The number of hydrogen-bond acceptors (Lipinski definition) is 5. The largest absolute Gasteiger partial charge is 0.513 e. The van der Waals surface area contributed by atoms with Crippen LogP contribution in [-0.2, 0) is 4.74 Å². The highest BCUT2D eigenvalue weighted by Crippen LogP contribution is 2.55. The van der Waals surface area contributed by atoms with E-state index in [0.717, 1.165) is 23.0 Å². The molecule has 2 atom stereocenters. The van der Waals surface area contributed by atoms with Gasteiger partial charge >= 0.3 is 0 Å². The minimum Gasteiger partial charge on any atom is -0.513 e. The molecule has 5 heteroatoms. The first-order chi connectivity index (χ1) is 18.1. The van der Waals surface area contributed by atoms with Crippen LogP contribution in [0.5, 0.6) is 0 Å². The molecular weight excluding hydrogens is 470 g/mol. The van der Waals surface area contributed by atoms with Crippen LogP contribution in [0.25, 0.3) is 16.6 Å². The summed E-state index contributed by atoms with van der Waals surface area (Å²) in [5.41, 5.74) is 9.36. The van der Waals surface area contributed by atoms with Gasteiger partial charge in [0.1, 0.15) is 0 Å². The van der Waals surface area contributed by atoms with Gasteiger partial charge in [-0.2, -0.15) is 0 Å². The quantitative estimate of drug-likeness (QED) is 0.342. The Morgan fingerprint density at radius 1 is 1.16 bits per heavy atom. The van der Waals surface area contributed by atoms with Gasteiger partial charge in [0.05, 0.1) is 22.7 Å². The zero-order valence-corrected chi connectivity index (χ0v) is 23.5. The first-order valence-corrected chi connectivity index (χ1v) is 13.4. The van der Waals surface area contributed by atoms with Crippen molar-refractivity contribution in [2.24, 2.45) is 5.41 Å². The van der Waals surface area contributed by atoms with Crippen molar-refractivity contribution in [2.45, 2.75) is 52.5 Å². The van der Waals surface area contributed by atoms with Crippen LogP contribution < -0.4 is 4.90 Å². The van der Waals surface area contributed by atoms with Gasteiger partial charge in [-0.3, -0.25) is 4.98 Å². The van der Waals surface area contributed by atoms with Crippen LogP contribution in [0.3, 0.4) is 0 Å². The number of aromatic nitrogens is 1. The Kier molecular flexibility index (Phi) is 6.83. The molecule has 0 saturated carbocycles. The molecule has 1 aromatic heterocycles. The van der Waals surface area contributed by atoms with Crippen molar-refractivity contribution in [3.63, 3.8) is 0 Å². The molecule has 0 saturated heterocycles. The lowest BCUT2D eigenvalue weighted by molar-refractivity contribution is 0.163. The smallest absolute Gasteiger partial charge is 0.0871 e. The van der Waals surface area contributed by atoms with E-state index < -0.39 is 0 Å². The van der Waals surface area contributed by atoms with Crippen LogP contribution in [0.4, 0.5) is 11.4 Å². The minimum atomic E-state index is -0.0413. The zero-order valence-electron chi connectivity index (χ0n) is 23.5. The number of nitrogens with zero attached hydrogens (tertiary/aromatic N) is 3. The maximum atomic E-state index is 10.4. The summed E-state index contributed by atoms with van der Waals surface area (Å²) in [4.78, 5) is 9.65. The van der Waals surface area contributed by atoms with E-state index in [4.69, 9.17) is 9.72 Å². The number of anilines is 2. The number of pyridine rings is 1. The predicted molar refractivity (Wildman–Crippen MR) is 158 cm³/mol. The fraction of sp³-hybridized carbons (Fsp3) is 0.364. The standard InChI is InChI=1S/C33H39N3O2/c1-21(37)18-28-24(15-17-38-7)26-19-27-25(14-11-16-34-27)32-30(26)31(35(28)6)22(2)29(20-33(3,4)5)36(32)23-12-9-8-10-13-23/h8-14,16,19-20,24,28,37H,1,15,17-18H2,2-7H3/b29-20+. The molecule has 2 aliphatic heterocycles. The van der Waals surface area contributed by atoms with Crippen LogP contribution in [-0.4, -0.2) is 41.8 Å². The molecule has 0 bridgehead atoms. The number of methoxy groups -OCH3 is 1. The van der Waals surface area contributed by atoms with Crippen LogP contribution in [0.15, 0.2) is 84.4 Å². The summed E-state index contributed by atoms with van der Waals surface area (Å²) in [6.07, 6.45) is 5.59. The topological polar surface area (TPSA) is 48.8 Å². The van der Waals surface area contributed by atoms with E-state index in [9.17, 15) is 5.11 Å². The highest BCUT2D eigenvalue weighted by atomic mass is 16.5. The number of hydrogen-bond donors (Lipinski definition) is 1. The van der Waals surface area contributed by atoms with Crippen molar-refractivity contribution in [2.75, 3.05) is 25.7 Å². The molecule has 0 radical (unpaired) electrons. The Morgan fingerprint density at radius 3 is 2.55 bits per heavy atom. The van der Waals surface area contributed by atoms with E-state index in [1.165, 1.54) is 33.8 Å². The minimum absolute atomic E-state index is 0.0413. The Morgan fingerprint density at radius 2 is 1.89 bits per heavy atom. The molecule has 2 aliphatic rings. The maximum Gasteiger partial charge on any atom is 0.0871 e. The Balaban J connectivity index is 1.93. The highest BCUT2D eigenvalue weighted by molar-refractivity contribution is 6.06. The molecule has 0 aliphatic carbocycles. The number of fused-ring (bicyclic) bond motifs is 2. The number of aliphatic hydroxyl groups excluding tert-OH is 1. The van der Waals surface area contributed by atoms with Crippen LogP contribution in [0.1, 0.15) is 57.6 Å². The summed E-state index contributed by atoms with van der Waals surface area (Å²) < 4.78 is 5.57. The third kappa shape index (κ3) is 4.49. The number of allylic oxidation sites excluding steroid dienone is 2. The van der Waals surface area contributed by atoms with Gasteiger partial charge in [-0.25, -0.2) is 0 Å². The molecule has 5 nitrogen and oxygen atoms in total. The molecule has 2 unspecified atom stereocenters. The Labute approximate surface area is 226 Å². The van der Waals surface area contributed by atoms with Crippen molar-refractivity contribution >= 4 is 28.0 Å². The number of benzene rings is 2. The highest BCUT2D eigenvalue weighted by Gasteiger charge is 2.43. The predicted octanol–water partition coefficient (Wildman–Crippen LogP) is 7.94. The molecule has 198 valence electrons. The lowest BCUT2D eigenvalue weighted by Crippen LogP contribution is -2.43. The first kappa shape index (κ1) is 26.1. The van der Waals surface area contributed by atoms with Crippen molar-refractivity contribution in [1.82, 2.24) is 9.88 Å². The molecule has 3 heterocycles. The third-order valence-corrected chi connectivity index (χ3v) is 7.73. The molecule has 0 spiro atoms. The molecular formula is C33H39N3O2. The number of para-hydroxylation sites is 1. The van der Waals surface area contributed by atoms with Gasteiger partial charge in [0.15, 0.2) is 0 Å². The number of rotatable bonds is 6. The van der Waals surface area contributed by atoms with E-state index in [1.807, 2.05) is 12.3 Å². The number of ether oxygens (including phenoxy) is 1. The van der Waals surface area contributed by atoms with Gasteiger partial charge in [-0.1, -0.05) is 51.6 Å². The van der Waals surface area contributed by atoms with Gasteiger partial charge in [0, 0.05) is 67.7 Å². The summed E-state index contributed by atoms with van der Waals surface area (Å²) in [6, 6.07) is 17.2. The molecule has 1 N–H and O–H groups in total. The second-order valence-corrected chi connectivity index (χ2v) is 11.6. The van der Waals surface area contributed by atoms with E-state index in [0.29, 0.717) is 13.0 Å². The second-order valence-electron chi connectivity index (χ2n) is 11.6. The summed E-state index contributed by atoms with van der Waals surface area (Å²) in [7, 11) is 3.92. The van der Waals surface area contributed by atoms with Gasteiger partial charge in [-0.05, 0) is 60.2 Å². The molecule has 2 aromatic carbocycles. The summed E-state index contributed by atoms with van der Waals surface area (Å²) in [5.74, 6) is 0.351. The average molecular weight is 510 g/mol. The summed E-state index contributed by atoms with van der Waals surface area (Å²) in [6.45, 7) is 13.5. The maximum absolute atomic E-state index is 10.4. The van der Waals surface area contributed by atoms with Crippen molar-refractivity contribution < 1.29 is 9.84 Å². The van der Waals surface area contributed by atoms with Crippen molar-refractivity contribution in [1.29, 1.82) is 0 Å². The molecule has 3 aromatic rings.